The summed E-state index contributed by atoms with van der Waals surface area (Å²) in [6, 6.07) is 6.09. The van der Waals surface area contributed by atoms with Crippen molar-refractivity contribution in [3.63, 3.8) is 0 Å². The van der Waals surface area contributed by atoms with Crippen LogP contribution in [0.15, 0.2) is 24.3 Å². The summed E-state index contributed by atoms with van der Waals surface area (Å²) in [6.07, 6.45) is -1.46. The van der Waals surface area contributed by atoms with Gasteiger partial charge in [-0.25, -0.2) is 18.7 Å². The second-order valence-corrected chi connectivity index (χ2v) is 5.72. The number of halogens is 3. The minimum Gasteiger partial charge on any atom is -0.369 e. The molecule has 1 aromatic carbocycles. The highest BCUT2D eigenvalue weighted by molar-refractivity contribution is 14.1. The molecule has 0 aliphatic rings. The molecule has 0 unspecified atom stereocenters. The Hall–Kier alpha value is -1.31. The van der Waals surface area contributed by atoms with Crippen LogP contribution in [0.2, 0.25) is 0 Å². The number of aryl methyl sites for hydroxylation is 1. The highest BCUT2D eigenvalue weighted by Crippen LogP contribution is 2.26. The number of rotatable bonds is 5. The molecular formula is C15H16F2IN3. The van der Waals surface area contributed by atoms with Gasteiger partial charge >= 0.3 is 0 Å². The summed E-state index contributed by atoms with van der Waals surface area (Å²) >= 11 is 2.21. The normalized spacial score (nSPS) is 11.0. The van der Waals surface area contributed by atoms with Crippen LogP contribution in [0.1, 0.15) is 31.0 Å². The minimum atomic E-state index is -2.46. The van der Waals surface area contributed by atoms with Crippen molar-refractivity contribution in [2.75, 3.05) is 11.9 Å². The third-order valence-electron chi connectivity index (χ3n) is 2.98. The third kappa shape index (κ3) is 3.87. The lowest BCUT2D eigenvalue weighted by molar-refractivity contribution is 0.151. The predicted octanol–water partition coefficient (Wildman–Crippen LogP) is 4.82. The zero-order valence-electron chi connectivity index (χ0n) is 11.8. The summed E-state index contributed by atoms with van der Waals surface area (Å²) in [5.41, 5.74) is 1.61. The average molecular weight is 403 g/mol. The van der Waals surface area contributed by atoms with Crippen LogP contribution in [0.5, 0.6) is 0 Å². The Morgan fingerprint density at radius 3 is 2.43 bits per heavy atom. The summed E-state index contributed by atoms with van der Waals surface area (Å²) in [6.45, 7) is 4.83. The number of anilines is 1. The second kappa shape index (κ2) is 7.11. The molecule has 112 valence electrons. The molecule has 1 heterocycles. The Morgan fingerprint density at radius 1 is 1.19 bits per heavy atom. The van der Waals surface area contributed by atoms with Crippen LogP contribution in [-0.2, 0) is 0 Å². The smallest absolute Gasteiger partial charge is 0.263 e. The standard InChI is InChI=1S/C15H16F2IN3/c1-3-8-19-15-12(18)9(2)20-14(21-15)11-6-4-10(5-7-11)13(16)17/h4-7,13H,3,8H2,1-2H3,(H,19,20,21). The van der Waals surface area contributed by atoms with Gasteiger partial charge in [-0.15, -0.1) is 0 Å². The van der Waals surface area contributed by atoms with E-state index in [4.69, 9.17) is 0 Å². The van der Waals surface area contributed by atoms with Crippen molar-refractivity contribution in [2.24, 2.45) is 0 Å². The molecule has 0 radical (unpaired) electrons. The van der Waals surface area contributed by atoms with E-state index in [0.29, 0.717) is 5.82 Å². The molecule has 0 saturated carbocycles. The van der Waals surface area contributed by atoms with Crippen LogP contribution in [0, 0.1) is 10.5 Å². The Morgan fingerprint density at radius 2 is 1.86 bits per heavy atom. The Bertz CT molecular complexity index is 615. The third-order valence-corrected chi connectivity index (χ3v) is 4.27. The molecule has 2 aromatic rings. The lowest BCUT2D eigenvalue weighted by atomic mass is 10.1. The van der Waals surface area contributed by atoms with Gasteiger partial charge in [-0.1, -0.05) is 31.2 Å². The quantitative estimate of drug-likeness (QED) is 0.728. The van der Waals surface area contributed by atoms with Gasteiger partial charge in [-0.2, -0.15) is 0 Å². The molecule has 6 heteroatoms. The Kier molecular flexibility index (Phi) is 5.44. The Labute approximate surface area is 136 Å². The van der Waals surface area contributed by atoms with Crippen LogP contribution >= 0.6 is 22.6 Å². The van der Waals surface area contributed by atoms with E-state index >= 15 is 0 Å². The van der Waals surface area contributed by atoms with Gasteiger partial charge in [0.2, 0.25) is 0 Å². The van der Waals surface area contributed by atoms with Crippen molar-refractivity contribution >= 4 is 28.4 Å². The maximum absolute atomic E-state index is 12.6. The van der Waals surface area contributed by atoms with Gasteiger partial charge in [0.05, 0.1) is 9.26 Å². The Balaban J connectivity index is 2.36. The summed E-state index contributed by atoms with van der Waals surface area (Å²) in [4.78, 5) is 8.94. The second-order valence-electron chi connectivity index (χ2n) is 4.64. The molecule has 0 fully saturated rings. The van der Waals surface area contributed by atoms with E-state index in [9.17, 15) is 8.78 Å². The van der Waals surface area contributed by atoms with Crippen molar-refractivity contribution in [2.45, 2.75) is 26.7 Å². The largest absolute Gasteiger partial charge is 0.369 e. The zero-order chi connectivity index (χ0) is 15.4. The molecule has 0 aliphatic heterocycles. The van der Waals surface area contributed by atoms with Crippen molar-refractivity contribution in [3.8, 4) is 11.4 Å². The van der Waals surface area contributed by atoms with Gasteiger partial charge < -0.3 is 5.32 Å². The van der Waals surface area contributed by atoms with E-state index < -0.39 is 6.43 Å². The first-order valence-electron chi connectivity index (χ1n) is 6.69. The predicted molar refractivity (Wildman–Crippen MR) is 88.7 cm³/mol. The van der Waals surface area contributed by atoms with E-state index in [1.54, 1.807) is 12.1 Å². The lowest BCUT2D eigenvalue weighted by Gasteiger charge is -2.11. The van der Waals surface area contributed by atoms with Crippen molar-refractivity contribution in [1.82, 2.24) is 9.97 Å². The number of benzene rings is 1. The van der Waals surface area contributed by atoms with Crippen molar-refractivity contribution < 1.29 is 8.78 Å². The van der Waals surface area contributed by atoms with E-state index in [1.165, 1.54) is 12.1 Å². The van der Waals surface area contributed by atoms with Crippen molar-refractivity contribution in [3.05, 3.63) is 39.1 Å². The molecule has 1 N–H and O–H groups in total. The fraction of sp³-hybridized carbons (Fsp3) is 0.333. The summed E-state index contributed by atoms with van der Waals surface area (Å²) in [5.74, 6) is 1.34. The maximum atomic E-state index is 12.6. The number of aromatic nitrogens is 2. The van der Waals surface area contributed by atoms with Gasteiger partial charge in [-0.3, -0.25) is 0 Å². The average Bonchev–Trinajstić information content (AvgIpc) is 2.48. The fourth-order valence-corrected chi connectivity index (χ4v) is 2.26. The van der Waals surface area contributed by atoms with Crippen molar-refractivity contribution in [1.29, 1.82) is 0 Å². The van der Waals surface area contributed by atoms with Gasteiger partial charge in [0.15, 0.2) is 5.82 Å². The van der Waals surface area contributed by atoms with Gasteiger partial charge in [0.25, 0.3) is 6.43 Å². The van der Waals surface area contributed by atoms with Crippen LogP contribution < -0.4 is 5.32 Å². The molecule has 0 bridgehead atoms. The molecular weight excluding hydrogens is 387 g/mol. The SMILES string of the molecule is CCCNc1nc(-c2ccc(C(F)F)cc2)nc(C)c1I. The van der Waals surface area contributed by atoms with Crippen LogP contribution in [0.4, 0.5) is 14.6 Å². The molecule has 0 aliphatic carbocycles. The van der Waals surface area contributed by atoms with Crippen LogP contribution in [0.25, 0.3) is 11.4 Å². The highest BCUT2D eigenvalue weighted by atomic mass is 127. The monoisotopic (exact) mass is 403 g/mol. The minimum absolute atomic E-state index is 0.00492. The molecule has 0 saturated heterocycles. The molecule has 0 amide bonds. The topological polar surface area (TPSA) is 37.8 Å². The lowest BCUT2D eigenvalue weighted by Crippen LogP contribution is -2.07. The maximum Gasteiger partial charge on any atom is 0.263 e. The first-order valence-corrected chi connectivity index (χ1v) is 7.77. The first-order chi connectivity index (χ1) is 10.0. The number of alkyl halides is 2. The van der Waals surface area contributed by atoms with E-state index in [2.05, 4.69) is 44.8 Å². The van der Waals surface area contributed by atoms with E-state index in [1.807, 2.05) is 6.92 Å². The van der Waals surface area contributed by atoms with Gasteiger partial charge in [0, 0.05) is 17.7 Å². The van der Waals surface area contributed by atoms with E-state index in [-0.39, 0.29) is 5.56 Å². The molecule has 21 heavy (non-hydrogen) atoms. The zero-order valence-corrected chi connectivity index (χ0v) is 14.0. The number of hydrogen-bond donors (Lipinski definition) is 1. The summed E-state index contributed by atoms with van der Waals surface area (Å²) in [5, 5.41) is 3.26. The number of nitrogens with zero attached hydrogens (tertiary/aromatic N) is 2. The highest BCUT2D eigenvalue weighted by Gasteiger charge is 2.12. The molecule has 2 rings (SSSR count). The van der Waals surface area contributed by atoms with Crippen LogP contribution in [-0.4, -0.2) is 16.5 Å². The van der Waals surface area contributed by atoms with E-state index in [0.717, 1.165) is 33.6 Å². The number of hydrogen-bond acceptors (Lipinski definition) is 3. The van der Waals surface area contributed by atoms with Gasteiger partial charge in [-0.05, 0) is 35.9 Å². The molecule has 0 atom stereocenters. The van der Waals surface area contributed by atoms with Gasteiger partial charge in [0.1, 0.15) is 5.82 Å². The molecule has 3 nitrogen and oxygen atoms in total. The number of nitrogens with one attached hydrogen (secondary N) is 1. The summed E-state index contributed by atoms with van der Waals surface area (Å²) in [7, 11) is 0. The molecule has 0 spiro atoms. The fourth-order valence-electron chi connectivity index (χ4n) is 1.83. The summed E-state index contributed by atoms with van der Waals surface area (Å²) < 4.78 is 26.1. The van der Waals surface area contributed by atoms with Crippen LogP contribution in [0.3, 0.4) is 0 Å². The molecule has 1 aromatic heterocycles. The first kappa shape index (κ1) is 16.1.